The summed E-state index contributed by atoms with van der Waals surface area (Å²) in [6.45, 7) is 0.935. The Labute approximate surface area is 55.0 Å². The van der Waals surface area contributed by atoms with Crippen LogP contribution in [0.1, 0.15) is 6.42 Å². The lowest BCUT2D eigenvalue weighted by Gasteiger charge is -2.12. The molecule has 0 bridgehead atoms. The zero-order valence-electron chi connectivity index (χ0n) is 5.29. The molecule has 1 nitrogen and oxygen atoms in total. The zero-order valence-corrected chi connectivity index (χ0v) is 5.29. The lowest BCUT2D eigenvalue weighted by molar-refractivity contribution is 0.135. The Morgan fingerprint density at radius 2 is 2.11 bits per heavy atom. The van der Waals surface area contributed by atoms with Crippen LogP contribution in [-0.4, -0.2) is 12.7 Å². The van der Waals surface area contributed by atoms with E-state index in [0.29, 0.717) is 12.0 Å². The molecule has 48 valence electrons. The maximum absolute atomic E-state index is 5.42. The van der Waals surface area contributed by atoms with Crippen molar-refractivity contribution in [2.24, 2.45) is 5.92 Å². The van der Waals surface area contributed by atoms with E-state index >= 15 is 0 Å². The molecule has 9 heavy (non-hydrogen) atoms. The third kappa shape index (κ3) is 0.815. The van der Waals surface area contributed by atoms with E-state index in [1.54, 1.807) is 0 Å². The molecule has 0 aromatic carbocycles. The molecule has 2 rings (SSSR count). The van der Waals surface area contributed by atoms with Crippen molar-refractivity contribution in [3.05, 3.63) is 24.3 Å². The van der Waals surface area contributed by atoms with E-state index in [1.165, 1.54) is 6.42 Å². The van der Waals surface area contributed by atoms with Crippen molar-refractivity contribution in [3.8, 4) is 0 Å². The molecule has 0 N–H and O–H groups in total. The van der Waals surface area contributed by atoms with Crippen LogP contribution in [0.2, 0.25) is 0 Å². The second kappa shape index (κ2) is 1.99. The van der Waals surface area contributed by atoms with Crippen LogP contribution < -0.4 is 0 Å². The average molecular weight is 122 g/mol. The van der Waals surface area contributed by atoms with Gasteiger partial charge in [-0.2, -0.15) is 0 Å². The van der Waals surface area contributed by atoms with Gasteiger partial charge in [0.2, 0.25) is 0 Å². The van der Waals surface area contributed by atoms with Crippen LogP contribution in [0.4, 0.5) is 0 Å². The first-order valence-electron chi connectivity index (χ1n) is 3.43. The Morgan fingerprint density at radius 3 is 3.00 bits per heavy atom. The van der Waals surface area contributed by atoms with Crippen LogP contribution >= 0.6 is 0 Å². The Morgan fingerprint density at radius 1 is 1.22 bits per heavy atom. The van der Waals surface area contributed by atoms with E-state index in [-0.39, 0.29) is 0 Å². The Bertz CT molecular complexity index is 140. The third-order valence-corrected chi connectivity index (χ3v) is 1.95. The van der Waals surface area contributed by atoms with Gasteiger partial charge in [-0.25, -0.2) is 0 Å². The molecule has 0 amide bonds. The average Bonchev–Trinajstić information content (AvgIpc) is 2.33. The fourth-order valence-electron chi connectivity index (χ4n) is 1.41. The minimum Gasteiger partial charge on any atom is -0.374 e. The van der Waals surface area contributed by atoms with Gasteiger partial charge in [-0.15, -0.1) is 0 Å². The summed E-state index contributed by atoms with van der Waals surface area (Å²) < 4.78 is 5.42. The van der Waals surface area contributed by atoms with Crippen LogP contribution in [0.25, 0.3) is 0 Å². The Hall–Kier alpha value is -0.560. The van der Waals surface area contributed by atoms with Crippen LogP contribution in [0.15, 0.2) is 24.3 Å². The fraction of sp³-hybridized carbons (Fsp3) is 0.500. The highest BCUT2D eigenvalue weighted by atomic mass is 16.5. The summed E-state index contributed by atoms with van der Waals surface area (Å²) >= 11 is 0. The highest BCUT2D eigenvalue weighted by molar-refractivity contribution is 5.16. The van der Waals surface area contributed by atoms with Crippen molar-refractivity contribution >= 4 is 0 Å². The Balaban J connectivity index is 2.18. The maximum atomic E-state index is 5.42. The molecule has 1 heterocycles. The van der Waals surface area contributed by atoms with Gasteiger partial charge in [0.1, 0.15) is 0 Å². The van der Waals surface area contributed by atoms with Gasteiger partial charge in [0.05, 0.1) is 6.10 Å². The molecule has 2 atom stereocenters. The van der Waals surface area contributed by atoms with Gasteiger partial charge in [0, 0.05) is 12.5 Å². The van der Waals surface area contributed by atoms with Crippen LogP contribution in [0.5, 0.6) is 0 Å². The van der Waals surface area contributed by atoms with Crippen LogP contribution in [0.3, 0.4) is 0 Å². The van der Waals surface area contributed by atoms with Gasteiger partial charge in [-0.1, -0.05) is 24.3 Å². The lowest BCUT2D eigenvalue weighted by Crippen LogP contribution is -2.11. The molecule has 1 aliphatic heterocycles. The monoisotopic (exact) mass is 122 g/mol. The molecular formula is C8H10O. The number of hydrogen-bond donors (Lipinski definition) is 0. The highest BCUT2D eigenvalue weighted by Gasteiger charge is 2.24. The summed E-state index contributed by atoms with van der Waals surface area (Å²) in [5.41, 5.74) is 0. The molecule has 0 radical (unpaired) electrons. The van der Waals surface area contributed by atoms with Crippen molar-refractivity contribution in [1.82, 2.24) is 0 Å². The fourth-order valence-corrected chi connectivity index (χ4v) is 1.41. The number of fused-ring (bicyclic) bond motifs is 1. The molecule has 1 saturated heterocycles. The summed E-state index contributed by atoms with van der Waals surface area (Å²) in [6, 6.07) is 0. The predicted molar refractivity (Wildman–Crippen MR) is 36.1 cm³/mol. The van der Waals surface area contributed by atoms with Gasteiger partial charge in [0.25, 0.3) is 0 Å². The number of ether oxygens (including phenoxy) is 1. The SMILES string of the molecule is C1=CC2CCOC2C=C1. The molecule has 0 aromatic rings. The van der Waals surface area contributed by atoms with E-state index in [1.807, 2.05) is 0 Å². The molecule has 0 saturated carbocycles. The summed E-state index contributed by atoms with van der Waals surface area (Å²) in [6.07, 6.45) is 10.1. The molecule has 1 fully saturated rings. The summed E-state index contributed by atoms with van der Waals surface area (Å²) in [4.78, 5) is 0. The van der Waals surface area contributed by atoms with E-state index < -0.39 is 0 Å². The molecule has 1 heteroatoms. The van der Waals surface area contributed by atoms with Crippen molar-refractivity contribution in [2.75, 3.05) is 6.61 Å². The second-order valence-corrected chi connectivity index (χ2v) is 2.56. The normalized spacial score (nSPS) is 39.1. The minimum absolute atomic E-state index is 0.398. The van der Waals surface area contributed by atoms with Gasteiger partial charge in [-0.05, 0) is 6.42 Å². The summed E-state index contributed by atoms with van der Waals surface area (Å²) in [5, 5.41) is 0. The molecular weight excluding hydrogens is 112 g/mol. The standard InChI is InChI=1S/C8H10O/c1-2-4-8-7(3-1)5-6-9-8/h1-4,7-8H,5-6H2. The largest absolute Gasteiger partial charge is 0.374 e. The van der Waals surface area contributed by atoms with Crippen LogP contribution in [-0.2, 0) is 4.74 Å². The Kier molecular flexibility index (Phi) is 1.16. The van der Waals surface area contributed by atoms with Crippen molar-refractivity contribution in [1.29, 1.82) is 0 Å². The zero-order chi connectivity index (χ0) is 6.10. The van der Waals surface area contributed by atoms with E-state index in [9.17, 15) is 0 Å². The molecule has 2 unspecified atom stereocenters. The maximum Gasteiger partial charge on any atom is 0.0822 e. The third-order valence-electron chi connectivity index (χ3n) is 1.95. The number of allylic oxidation sites excluding steroid dienone is 2. The first-order chi connectivity index (χ1) is 4.47. The van der Waals surface area contributed by atoms with Gasteiger partial charge in [0.15, 0.2) is 0 Å². The van der Waals surface area contributed by atoms with Gasteiger partial charge < -0.3 is 4.74 Å². The smallest absolute Gasteiger partial charge is 0.0822 e. The predicted octanol–water partition coefficient (Wildman–Crippen LogP) is 1.52. The molecule has 2 aliphatic rings. The lowest BCUT2D eigenvalue weighted by atomic mass is 9.97. The van der Waals surface area contributed by atoms with Gasteiger partial charge >= 0.3 is 0 Å². The quantitative estimate of drug-likeness (QED) is 0.473. The molecule has 1 aliphatic carbocycles. The highest BCUT2D eigenvalue weighted by Crippen LogP contribution is 2.25. The minimum atomic E-state index is 0.398. The van der Waals surface area contributed by atoms with E-state index in [4.69, 9.17) is 4.74 Å². The number of rotatable bonds is 0. The topological polar surface area (TPSA) is 9.23 Å². The van der Waals surface area contributed by atoms with Crippen molar-refractivity contribution < 1.29 is 4.74 Å². The molecule has 0 spiro atoms. The number of hydrogen-bond acceptors (Lipinski definition) is 1. The summed E-state index contributed by atoms with van der Waals surface area (Å²) in [7, 11) is 0. The summed E-state index contributed by atoms with van der Waals surface area (Å²) in [5.74, 6) is 0.676. The van der Waals surface area contributed by atoms with Crippen LogP contribution in [0, 0.1) is 5.92 Å². The second-order valence-electron chi connectivity index (χ2n) is 2.56. The van der Waals surface area contributed by atoms with E-state index in [2.05, 4.69) is 24.3 Å². The van der Waals surface area contributed by atoms with Gasteiger partial charge in [-0.3, -0.25) is 0 Å². The first kappa shape index (κ1) is 5.24. The van der Waals surface area contributed by atoms with Crippen molar-refractivity contribution in [2.45, 2.75) is 12.5 Å². The first-order valence-corrected chi connectivity index (χ1v) is 3.43. The van der Waals surface area contributed by atoms with Crippen molar-refractivity contribution in [3.63, 3.8) is 0 Å². The van der Waals surface area contributed by atoms with E-state index in [0.717, 1.165) is 6.61 Å². The molecule has 0 aromatic heterocycles.